The number of piperidine rings is 1. The highest BCUT2D eigenvalue weighted by Crippen LogP contribution is 2.22. The third-order valence-electron chi connectivity index (χ3n) is 4.23. The molecule has 0 radical (unpaired) electrons. The molecule has 4 nitrogen and oxygen atoms in total. The van der Waals surface area contributed by atoms with Gasteiger partial charge in [-0.1, -0.05) is 30.3 Å². The van der Waals surface area contributed by atoms with E-state index in [1.54, 1.807) is 4.90 Å². The van der Waals surface area contributed by atoms with Gasteiger partial charge in [0.05, 0.1) is 6.04 Å². The summed E-state index contributed by atoms with van der Waals surface area (Å²) in [5.74, 6) is 0.163. The molecule has 2 rings (SSSR count). The molecule has 1 amide bonds. The smallest absolute Gasteiger partial charge is 0.410 e. The normalized spacial score (nSPS) is 18.3. The maximum absolute atomic E-state index is 12.6. The number of nitrogens with zero attached hydrogens (tertiary/aromatic N) is 1. The fourth-order valence-electron chi connectivity index (χ4n) is 3.08. The Hall–Kier alpha value is -1.84. The number of ether oxygens (including phenoxy) is 1. The number of ketones is 1. The first kappa shape index (κ1) is 18.5. The van der Waals surface area contributed by atoms with E-state index < -0.39 is 5.60 Å². The molecule has 1 aliphatic rings. The van der Waals surface area contributed by atoms with Gasteiger partial charge in [-0.15, -0.1) is 0 Å². The number of carbonyl (C=O) groups is 2. The molecule has 4 heteroatoms. The Bertz CT molecular complexity index is 548. The summed E-state index contributed by atoms with van der Waals surface area (Å²) in [6.45, 7) is 6.17. The largest absolute Gasteiger partial charge is 0.444 e. The average molecular weight is 331 g/mol. The predicted octanol–water partition coefficient (Wildman–Crippen LogP) is 4.37. The molecule has 1 aromatic rings. The van der Waals surface area contributed by atoms with Crippen molar-refractivity contribution >= 4 is 11.9 Å². The highest BCUT2D eigenvalue weighted by Gasteiger charge is 2.34. The third kappa shape index (κ3) is 5.66. The van der Waals surface area contributed by atoms with Gasteiger partial charge in [0, 0.05) is 13.0 Å². The number of benzene rings is 1. The zero-order chi connectivity index (χ0) is 17.6. The lowest BCUT2D eigenvalue weighted by Gasteiger charge is -2.36. The second kappa shape index (κ2) is 8.32. The Morgan fingerprint density at radius 2 is 1.88 bits per heavy atom. The van der Waals surface area contributed by atoms with Crippen LogP contribution in [0.1, 0.15) is 58.4 Å². The standard InChI is InChI=1S/C20H29NO3/c1-20(2,3)24-19(23)21-15-8-7-13-17(21)18(22)14-9-12-16-10-5-4-6-11-16/h4-6,10-11,17H,7-9,12-15H2,1-3H3/t17-/m0/s1. The molecule has 0 saturated carbocycles. The van der Waals surface area contributed by atoms with Crippen LogP contribution in [0.3, 0.4) is 0 Å². The molecule has 1 saturated heterocycles. The summed E-state index contributed by atoms with van der Waals surface area (Å²) < 4.78 is 5.47. The van der Waals surface area contributed by atoms with Crippen LogP contribution >= 0.6 is 0 Å². The van der Waals surface area contributed by atoms with E-state index in [0.717, 1.165) is 32.1 Å². The van der Waals surface area contributed by atoms with Gasteiger partial charge in [0.1, 0.15) is 5.60 Å². The lowest BCUT2D eigenvalue weighted by molar-refractivity contribution is -0.125. The summed E-state index contributed by atoms with van der Waals surface area (Å²) in [7, 11) is 0. The summed E-state index contributed by atoms with van der Waals surface area (Å²) in [4.78, 5) is 26.6. The van der Waals surface area contributed by atoms with Crippen molar-refractivity contribution in [3.63, 3.8) is 0 Å². The molecule has 0 N–H and O–H groups in total. The Balaban J connectivity index is 1.89. The molecule has 0 bridgehead atoms. The van der Waals surface area contributed by atoms with Crippen LogP contribution in [0.15, 0.2) is 30.3 Å². The Morgan fingerprint density at radius 1 is 1.17 bits per heavy atom. The fraction of sp³-hybridized carbons (Fsp3) is 0.600. The van der Waals surface area contributed by atoms with E-state index in [-0.39, 0.29) is 17.9 Å². The van der Waals surface area contributed by atoms with Gasteiger partial charge in [0.25, 0.3) is 0 Å². The SMILES string of the molecule is CC(C)(C)OC(=O)N1CCCC[C@H]1C(=O)CCCc1ccccc1. The van der Waals surface area contributed by atoms with Crippen LogP contribution in [-0.2, 0) is 16.0 Å². The number of carbonyl (C=O) groups excluding carboxylic acids is 2. The second-order valence-electron chi connectivity index (χ2n) is 7.49. The van der Waals surface area contributed by atoms with Crippen LogP contribution in [0.25, 0.3) is 0 Å². The zero-order valence-corrected chi connectivity index (χ0v) is 15.1. The van der Waals surface area contributed by atoms with Crippen LogP contribution in [0.5, 0.6) is 0 Å². The second-order valence-corrected chi connectivity index (χ2v) is 7.49. The van der Waals surface area contributed by atoms with E-state index >= 15 is 0 Å². The molecule has 1 fully saturated rings. The van der Waals surface area contributed by atoms with Crippen LogP contribution < -0.4 is 0 Å². The van der Waals surface area contributed by atoms with Crippen molar-refractivity contribution in [2.75, 3.05) is 6.54 Å². The minimum absolute atomic E-state index is 0.163. The van der Waals surface area contributed by atoms with Crippen LogP contribution in [-0.4, -0.2) is 35.0 Å². The third-order valence-corrected chi connectivity index (χ3v) is 4.23. The molecular formula is C20H29NO3. The van der Waals surface area contributed by atoms with E-state index in [4.69, 9.17) is 4.74 Å². The van der Waals surface area contributed by atoms with Gasteiger partial charge in [-0.3, -0.25) is 9.69 Å². The van der Waals surface area contributed by atoms with Gasteiger partial charge in [-0.05, 0) is 58.4 Å². The van der Waals surface area contributed by atoms with Crippen LogP contribution in [0.4, 0.5) is 4.79 Å². The van der Waals surface area contributed by atoms with Crippen molar-refractivity contribution in [1.29, 1.82) is 0 Å². The van der Waals surface area contributed by atoms with Gasteiger partial charge in [0.2, 0.25) is 0 Å². The first-order valence-corrected chi connectivity index (χ1v) is 8.93. The van der Waals surface area contributed by atoms with E-state index in [0.29, 0.717) is 13.0 Å². The summed E-state index contributed by atoms with van der Waals surface area (Å²) >= 11 is 0. The van der Waals surface area contributed by atoms with Gasteiger partial charge < -0.3 is 4.74 Å². The quantitative estimate of drug-likeness (QED) is 0.805. The van der Waals surface area contributed by atoms with E-state index in [1.165, 1.54) is 5.56 Å². The number of rotatable bonds is 5. The molecule has 1 atom stereocenters. The Labute approximate surface area is 145 Å². The number of likely N-dealkylation sites (tertiary alicyclic amines) is 1. The first-order valence-electron chi connectivity index (χ1n) is 8.93. The van der Waals surface area contributed by atoms with Crippen molar-refractivity contribution in [1.82, 2.24) is 4.90 Å². The minimum atomic E-state index is -0.532. The molecule has 0 spiro atoms. The van der Waals surface area contributed by atoms with Gasteiger partial charge in [-0.2, -0.15) is 0 Å². The number of amides is 1. The number of Topliss-reactive ketones (excluding diaryl/α,β-unsaturated/α-hetero) is 1. The van der Waals surface area contributed by atoms with Gasteiger partial charge in [0.15, 0.2) is 5.78 Å². The van der Waals surface area contributed by atoms with Gasteiger partial charge >= 0.3 is 6.09 Å². The maximum atomic E-state index is 12.6. The number of hydrogen-bond donors (Lipinski definition) is 0. The summed E-state index contributed by atoms with van der Waals surface area (Å²) in [5, 5.41) is 0. The lowest BCUT2D eigenvalue weighted by Crippen LogP contribution is -2.49. The van der Waals surface area contributed by atoms with Crippen LogP contribution in [0, 0.1) is 0 Å². The first-order chi connectivity index (χ1) is 11.4. The molecule has 0 unspecified atom stereocenters. The monoisotopic (exact) mass is 331 g/mol. The lowest BCUT2D eigenvalue weighted by atomic mass is 9.95. The topological polar surface area (TPSA) is 46.6 Å². The van der Waals surface area contributed by atoms with Crippen molar-refractivity contribution < 1.29 is 14.3 Å². The van der Waals surface area contributed by atoms with Crippen molar-refractivity contribution in [2.24, 2.45) is 0 Å². The van der Waals surface area contributed by atoms with Crippen molar-refractivity contribution in [3.8, 4) is 0 Å². The highest BCUT2D eigenvalue weighted by atomic mass is 16.6. The molecular weight excluding hydrogens is 302 g/mol. The predicted molar refractivity (Wildman–Crippen MR) is 95.0 cm³/mol. The summed E-state index contributed by atoms with van der Waals surface area (Å²) in [6.07, 6.45) is 4.56. The molecule has 0 aromatic heterocycles. The number of hydrogen-bond acceptors (Lipinski definition) is 3. The molecule has 1 aromatic carbocycles. The van der Waals surface area contributed by atoms with E-state index in [2.05, 4.69) is 12.1 Å². The number of aryl methyl sites for hydroxylation is 1. The van der Waals surface area contributed by atoms with E-state index in [9.17, 15) is 9.59 Å². The zero-order valence-electron chi connectivity index (χ0n) is 15.1. The summed E-state index contributed by atoms with van der Waals surface area (Å²) in [5.41, 5.74) is 0.716. The average Bonchev–Trinajstić information content (AvgIpc) is 2.54. The minimum Gasteiger partial charge on any atom is -0.444 e. The van der Waals surface area contributed by atoms with Gasteiger partial charge in [-0.25, -0.2) is 4.79 Å². The highest BCUT2D eigenvalue weighted by molar-refractivity contribution is 5.87. The fourth-order valence-corrected chi connectivity index (χ4v) is 3.08. The van der Waals surface area contributed by atoms with Crippen LogP contribution in [0.2, 0.25) is 0 Å². The molecule has 132 valence electrons. The molecule has 24 heavy (non-hydrogen) atoms. The van der Waals surface area contributed by atoms with Crippen molar-refractivity contribution in [2.45, 2.75) is 70.9 Å². The molecule has 0 aliphatic carbocycles. The maximum Gasteiger partial charge on any atom is 0.410 e. The Kier molecular flexibility index (Phi) is 6.41. The molecule has 1 heterocycles. The molecule has 1 aliphatic heterocycles. The van der Waals surface area contributed by atoms with Crippen molar-refractivity contribution in [3.05, 3.63) is 35.9 Å². The summed E-state index contributed by atoms with van der Waals surface area (Å²) in [6, 6.07) is 9.88. The Morgan fingerprint density at radius 3 is 2.54 bits per heavy atom. The van der Waals surface area contributed by atoms with E-state index in [1.807, 2.05) is 39.0 Å².